The van der Waals surface area contributed by atoms with Crippen molar-refractivity contribution >= 4 is 29.1 Å². The smallest absolute Gasteiger partial charge is 0.277 e. The molecule has 0 spiro atoms. The molecule has 0 saturated carbocycles. The third-order valence-electron chi connectivity index (χ3n) is 4.52. The SMILES string of the molecule is CCc1nc(C)c2c(=O)n(Cc3ccncc3)c3ccc(OC)nc3n12.Cl. The molecule has 0 aliphatic rings. The van der Waals surface area contributed by atoms with Crippen LogP contribution in [0.3, 0.4) is 0 Å². The van der Waals surface area contributed by atoms with Gasteiger partial charge in [-0.3, -0.25) is 18.7 Å². The molecule has 4 rings (SSSR count). The Labute approximate surface area is 162 Å². The van der Waals surface area contributed by atoms with E-state index in [1.165, 1.54) is 0 Å². The van der Waals surface area contributed by atoms with Crippen molar-refractivity contribution in [2.45, 2.75) is 26.8 Å². The summed E-state index contributed by atoms with van der Waals surface area (Å²) in [5.74, 6) is 1.32. The maximum absolute atomic E-state index is 13.3. The predicted molar refractivity (Wildman–Crippen MR) is 106 cm³/mol. The fraction of sp³-hybridized carbons (Fsp3) is 0.263. The van der Waals surface area contributed by atoms with Crippen molar-refractivity contribution in [1.82, 2.24) is 23.9 Å². The Bertz CT molecular complexity index is 1170. The summed E-state index contributed by atoms with van der Waals surface area (Å²) in [5, 5.41) is 0. The molecule has 0 amide bonds. The number of methoxy groups -OCH3 is 1. The summed E-state index contributed by atoms with van der Waals surface area (Å²) in [6, 6.07) is 7.45. The lowest BCUT2D eigenvalue weighted by molar-refractivity contribution is 0.399. The van der Waals surface area contributed by atoms with Crippen LogP contribution >= 0.6 is 12.4 Å². The van der Waals surface area contributed by atoms with E-state index in [0.717, 1.165) is 16.9 Å². The van der Waals surface area contributed by atoms with E-state index in [1.54, 1.807) is 30.1 Å². The van der Waals surface area contributed by atoms with Gasteiger partial charge in [-0.05, 0) is 30.7 Å². The van der Waals surface area contributed by atoms with E-state index in [4.69, 9.17) is 4.74 Å². The zero-order valence-corrected chi connectivity index (χ0v) is 16.2. The molecule has 0 aromatic carbocycles. The fourth-order valence-electron chi connectivity index (χ4n) is 3.28. The lowest BCUT2D eigenvalue weighted by Gasteiger charge is -2.13. The summed E-state index contributed by atoms with van der Waals surface area (Å²) in [5.41, 5.74) is 3.60. The van der Waals surface area contributed by atoms with Gasteiger partial charge in [0, 0.05) is 24.9 Å². The molecule has 140 valence electrons. The van der Waals surface area contributed by atoms with Crippen molar-refractivity contribution in [2.24, 2.45) is 0 Å². The molecule has 0 atom stereocenters. The second-order valence-electron chi connectivity index (χ2n) is 6.09. The molecule has 0 aliphatic carbocycles. The summed E-state index contributed by atoms with van der Waals surface area (Å²) in [6.07, 6.45) is 4.15. The van der Waals surface area contributed by atoms with Gasteiger partial charge in [-0.15, -0.1) is 12.4 Å². The first-order valence-electron chi connectivity index (χ1n) is 8.48. The van der Waals surface area contributed by atoms with E-state index in [0.29, 0.717) is 35.7 Å². The van der Waals surface area contributed by atoms with Gasteiger partial charge in [0.2, 0.25) is 5.88 Å². The Morgan fingerprint density at radius 2 is 1.85 bits per heavy atom. The Morgan fingerprint density at radius 3 is 2.52 bits per heavy atom. The Morgan fingerprint density at radius 1 is 1.11 bits per heavy atom. The number of aryl methyl sites for hydroxylation is 2. The number of nitrogens with zero attached hydrogens (tertiary/aromatic N) is 5. The Hall–Kier alpha value is -2.93. The molecule has 27 heavy (non-hydrogen) atoms. The second-order valence-corrected chi connectivity index (χ2v) is 6.09. The van der Waals surface area contributed by atoms with Crippen LogP contribution in [-0.2, 0) is 13.0 Å². The number of rotatable bonds is 4. The van der Waals surface area contributed by atoms with Crippen molar-refractivity contribution in [3.63, 3.8) is 0 Å². The Kier molecular flexibility index (Phi) is 5.14. The zero-order chi connectivity index (χ0) is 18.3. The topological polar surface area (TPSA) is 74.3 Å². The van der Waals surface area contributed by atoms with Gasteiger partial charge in [0.15, 0.2) is 5.65 Å². The van der Waals surface area contributed by atoms with Gasteiger partial charge in [-0.25, -0.2) is 4.98 Å². The highest BCUT2D eigenvalue weighted by Crippen LogP contribution is 2.21. The third kappa shape index (κ3) is 3.04. The number of imidazole rings is 1. The largest absolute Gasteiger partial charge is 0.481 e. The van der Waals surface area contributed by atoms with Crippen LogP contribution in [0.15, 0.2) is 41.5 Å². The van der Waals surface area contributed by atoms with Crippen LogP contribution in [0, 0.1) is 6.92 Å². The highest BCUT2D eigenvalue weighted by Gasteiger charge is 2.19. The van der Waals surface area contributed by atoms with Gasteiger partial charge in [0.05, 0.1) is 24.9 Å². The standard InChI is InChI=1S/C19H19N5O2.ClH/c1-4-15-21-12(2)17-19(25)23(11-13-7-9-20-10-8-13)14-5-6-16(26-3)22-18(14)24(15)17;/h5-10H,4,11H2,1-3H3;1H. The van der Waals surface area contributed by atoms with E-state index in [9.17, 15) is 4.79 Å². The summed E-state index contributed by atoms with van der Waals surface area (Å²) >= 11 is 0. The first-order chi connectivity index (χ1) is 12.6. The monoisotopic (exact) mass is 385 g/mol. The number of ether oxygens (including phenoxy) is 1. The molecule has 0 fully saturated rings. The highest BCUT2D eigenvalue weighted by molar-refractivity contribution is 5.85. The minimum atomic E-state index is -0.0778. The molecule has 4 aromatic rings. The number of hydrogen-bond acceptors (Lipinski definition) is 5. The van der Waals surface area contributed by atoms with Crippen LogP contribution < -0.4 is 10.3 Å². The molecule has 0 radical (unpaired) electrons. The normalized spacial score (nSPS) is 10.9. The first-order valence-corrected chi connectivity index (χ1v) is 8.48. The summed E-state index contributed by atoms with van der Waals surface area (Å²) in [7, 11) is 1.58. The van der Waals surface area contributed by atoms with Gasteiger partial charge in [0.1, 0.15) is 11.3 Å². The summed E-state index contributed by atoms with van der Waals surface area (Å²) < 4.78 is 8.90. The van der Waals surface area contributed by atoms with Crippen molar-refractivity contribution < 1.29 is 4.74 Å². The average Bonchev–Trinajstić information content (AvgIpc) is 3.02. The van der Waals surface area contributed by atoms with Gasteiger partial charge < -0.3 is 4.74 Å². The van der Waals surface area contributed by atoms with E-state index in [-0.39, 0.29) is 18.0 Å². The quantitative estimate of drug-likeness (QED) is 0.540. The van der Waals surface area contributed by atoms with E-state index >= 15 is 0 Å². The van der Waals surface area contributed by atoms with E-state index < -0.39 is 0 Å². The predicted octanol–water partition coefficient (Wildman–Crippen LogP) is 2.79. The van der Waals surface area contributed by atoms with Crippen LogP contribution in [-0.4, -0.2) is 31.0 Å². The first kappa shape index (κ1) is 18.8. The molecular formula is C19H20ClN5O2. The molecule has 0 unspecified atom stereocenters. The summed E-state index contributed by atoms with van der Waals surface area (Å²) in [6.45, 7) is 4.32. The molecule has 4 heterocycles. The number of aromatic nitrogens is 5. The lowest BCUT2D eigenvalue weighted by atomic mass is 10.2. The van der Waals surface area contributed by atoms with Crippen LogP contribution in [0.1, 0.15) is 24.0 Å². The molecule has 0 bridgehead atoms. The minimum Gasteiger partial charge on any atom is -0.481 e. The zero-order valence-electron chi connectivity index (χ0n) is 15.3. The van der Waals surface area contributed by atoms with Crippen molar-refractivity contribution in [1.29, 1.82) is 0 Å². The molecule has 0 N–H and O–H groups in total. The number of halogens is 1. The maximum Gasteiger partial charge on any atom is 0.277 e. The maximum atomic E-state index is 13.3. The van der Waals surface area contributed by atoms with Gasteiger partial charge in [-0.1, -0.05) is 6.92 Å². The number of pyridine rings is 2. The van der Waals surface area contributed by atoms with Crippen molar-refractivity contribution in [2.75, 3.05) is 7.11 Å². The average molecular weight is 386 g/mol. The van der Waals surface area contributed by atoms with Gasteiger partial charge in [-0.2, -0.15) is 4.98 Å². The molecule has 0 aliphatic heterocycles. The molecule has 4 aromatic heterocycles. The van der Waals surface area contributed by atoms with Gasteiger partial charge >= 0.3 is 0 Å². The molecular weight excluding hydrogens is 366 g/mol. The Balaban J connectivity index is 0.00000210. The van der Waals surface area contributed by atoms with Crippen molar-refractivity contribution in [3.8, 4) is 5.88 Å². The van der Waals surface area contributed by atoms with Gasteiger partial charge in [0.25, 0.3) is 5.56 Å². The second kappa shape index (κ2) is 7.36. The van der Waals surface area contributed by atoms with Crippen LogP contribution in [0.25, 0.3) is 16.7 Å². The summed E-state index contributed by atoms with van der Waals surface area (Å²) in [4.78, 5) is 26.5. The van der Waals surface area contributed by atoms with E-state index in [1.807, 2.05) is 36.4 Å². The number of fused-ring (bicyclic) bond motifs is 3. The minimum absolute atomic E-state index is 0. The van der Waals surface area contributed by atoms with Crippen molar-refractivity contribution in [3.05, 3.63) is 64.1 Å². The molecule has 0 saturated heterocycles. The third-order valence-corrected chi connectivity index (χ3v) is 4.52. The number of hydrogen-bond donors (Lipinski definition) is 0. The van der Waals surface area contributed by atoms with Crippen LogP contribution in [0.2, 0.25) is 0 Å². The fourth-order valence-corrected chi connectivity index (χ4v) is 3.28. The molecule has 8 heteroatoms. The van der Waals surface area contributed by atoms with Crippen LogP contribution in [0.4, 0.5) is 0 Å². The highest BCUT2D eigenvalue weighted by atomic mass is 35.5. The van der Waals surface area contributed by atoms with Crippen LogP contribution in [0.5, 0.6) is 5.88 Å². The lowest BCUT2D eigenvalue weighted by Crippen LogP contribution is -2.24. The van der Waals surface area contributed by atoms with E-state index in [2.05, 4.69) is 15.0 Å². The molecule has 7 nitrogen and oxygen atoms in total.